The first-order valence-electron chi connectivity index (χ1n) is 5.03. The molecule has 0 unspecified atom stereocenters. The van der Waals surface area contributed by atoms with Gasteiger partial charge in [-0.25, -0.2) is 9.97 Å². The zero-order valence-electron chi connectivity index (χ0n) is 9.00. The van der Waals surface area contributed by atoms with E-state index in [1.807, 2.05) is 17.8 Å². The molecule has 0 saturated heterocycles. The predicted octanol–water partition coefficient (Wildman–Crippen LogP) is 1.03. The lowest BCUT2D eigenvalue weighted by Gasteiger charge is -2.00. The number of carbonyl (C=O) groups excluding carboxylic acids is 1. The van der Waals surface area contributed by atoms with Crippen LogP contribution in [0.15, 0.2) is 31.0 Å². The lowest BCUT2D eigenvalue weighted by molar-refractivity contribution is 0.0977. The SMILES string of the molecule is Cn1ccnc1CCC(=O)c1cnccn1. The van der Waals surface area contributed by atoms with Crippen LogP contribution in [-0.4, -0.2) is 25.3 Å². The van der Waals surface area contributed by atoms with Crippen molar-refractivity contribution in [3.63, 3.8) is 0 Å². The zero-order valence-corrected chi connectivity index (χ0v) is 9.00. The maximum Gasteiger partial charge on any atom is 0.183 e. The van der Waals surface area contributed by atoms with Gasteiger partial charge in [-0.15, -0.1) is 0 Å². The van der Waals surface area contributed by atoms with Gasteiger partial charge in [0, 0.05) is 44.7 Å². The van der Waals surface area contributed by atoms with Gasteiger partial charge < -0.3 is 4.57 Å². The Morgan fingerprint density at radius 2 is 2.19 bits per heavy atom. The van der Waals surface area contributed by atoms with Crippen molar-refractivity contribution in [1.29, 1.82) is 0 Å². The van der Waals surface area contributed by atoms with Gasteiger partial charge in [0.1, 0.15) is 11.5 Å². The van der Waals surface area contributed by atoms with Crippen molar-refractivity contribution < 1.29 is 4.79 Å². The third-order valence-electron chi connectivity index (χ3n) is 2.35. The van der Waals surface area contributed by atoms with E-state index in [2.05, 4.69) is 15.0 Å². The van der Waals surface area contributed by atoms with Crippen molar-refractivity contribution in [2.75, 3.05) is 0 Å². The van der Waals surface area contributed by atoms with Gasteiger partial charge in [0.05, 0.1) is 6.20 Å². The summed E-state index contributed by atoms with van der Waals surface area (Å²) >= 11 is 0. The lowest BCUT2D eigenvalue weighted by Crippen LogP contribution is -2.06. The lowest BCUT2D eigenvalue weighted by atomic mass is 10.1. The molecule has 0 aliphatic carbocycles. The molecule has 0 saturated carbocycles. The minimum atomic E-state index is -0.00361. The summed E-state index contributed by atoms with van der Waals surface area (Å²) in [6, 6.07) is 0. The van der Waals surface area contributed by atoms with E-state index < -0.39 is 0 Å². The van der Waals surface area contributed by atoms with E-state index in [9.17, 15) is 4.79 Å². The van der Waals surface area contributed by atoms with Gasteiger partial charge in [-0.05, 0) is 0 Å². The molecule has 5 heteroatoms. The average molecular weight is 216 g/mol. The Morgan fingerprint density at radius 1 is 1.31 bits per heavy atom. The fraction of sp³-hybridized carbons (Fsp3) is 0.273. The number of ketones is 1. The highest BCUT2D eigenvalue weighted by atomic mass is 16.1. The van der Waals surface area contributed by atoms with Gasteiger partial charge in [0.2, 0.25) is 0 Å². The van der Waals surface area contributed by atoms with Crippen LogP contribution >= 0.6 is 0 Å². The Balaban J connectivity index is 1.97. The molecule has 0 aliphatic rings. The molecular weight excluding hydrogens is 204 g/mol. The van der Waals surface area contributed by atoms with Gasteiger partial charge in [0.25, 0.3) is 0 Å². The summed E-state index contributed by atoms with van der Waals surface area (Å²) in [7, 11) is 1.91. The molecule has 0 radical (unpaired) electrons. The maximum absolute atomic E-state index is 11.7. The van der Waals surface area contributed by atoms with Crippen LogP contribution in [0.5, 0.6) is 0 Å². The van der Waals surface area contributed by atoms with Gasteiger partial charge in [-0.2, -0.15) is 0 Å². The summed E-state index contributed by atoms with van der Waals surface area (Å²) in [5.74, 6) is 0.897. The van der Waals surface area contributed by atoms with Crippen molar-refractivity contribution in [3.8, 4) is 0 Å². The molecule has 0 N–H and O–H groups in total. The fourth-order valence-corrected chi connectivity index (χ4v) is 1.43. The molecule has 2 aromatic heterocycles. The molecular formula is C11H12N4O. The number of rotatable bonds is 4. The van der Waals surface area contributed by atoms with Crippen LogP contribution in [0, 0.1) is 0 Å². The van der Waals surface area contributed by atoms with Crippen LogP contribution < -0.4 is 0 Å². The molecule has 0 atom stereocenters. The first-order valence-corrected chi connectivity index (χ1v) is 5.03. The number of hydrogen-bond donors (Lipinski definition) is 0. The summed E-state index contributed by atoms with van der Waals surface area (Å²) in [5, 5.41) is 0. The molecule has 0 fully saturated rings. The van der Waals surface area contributed by atoms with E-state index in [-0.39, 0.29) is 5.78 Å². The van der Waals surface area contributed by atoms with Gasteiger partial charge >= 0.3 is 0 Å². The molecule has 2 rings (SSSR count). The Bertz CT molecular complexity index is 478. The Hall–Kier alpha value is -2.04. The number of imidazole rings is 1. The summed E-state index contributed by atoms with van der Waals surface area (Å²) < 4.78 is 1.91. The third-order valence-corrected chi connectivity index (χ3v) is 2.35. The first kappa shape index (κ1) is 10.5. The van der Waals surface area contributed by atoms with Crippen molar-refractivity contribution in [3.05, 3.63) is 42.5 Å². The minimum absolute atomic E-state index is 0.00361. The third kappa shape index (κ3) is 2.31. The van der Waals surface area contributed by atoms with Gasteiger partial charge in [0.15, 0.2) is 5.78 Å². The van der Waals surface area contributed by atoms with E-state index in [1.165, 1.54) is 12.4 Å². The summed E-state index contributed by atoms with van der Waals surface area (Å²) in [5.41, 5.74) is 0.414. The van der Waals surface area contributed by atoms with Crippen molar-refractivity contribution in [2.24, 2.45) is 7.05 Å². The number of Topliss-reactive ketones (excluding diaryl/α,β-unsaturated/α-hetero) is 1. The van der Waals surface area contributed by atoms with Crippen molar-refractivity contribution in [1.82, 2.24) is 19.5 Å². The quantitative estimate of drug-likeness (QED) is 0.716. The second kappa shape index (κ2) is 4.65. The molecule has 0 spiro atoms. The molecule has 0 bridgehead atoms. The van der Waals surface area contributed by atoms with Crippen LogP contribution in [0.2, 0.25) is 0 Å². The number of aromatic nitrogens is 4. The predicted molar refractivity (Wildman–Crippen MR) is 57.9 cm³/mol. The highest BCUT2D eigenvalue weighted by molar-refractivity contribution is 5.93. The van der Waals surface area contributed by atoms with E-state index in [0.29, 0.717) is 18.5 Å². The number of nitrogens with zero attached hydrogens (tertiary/aromatic N) is 4. The van der Waals surface area contributed by atoms with Crippen LogP contribution in [0.1, 0.15) is 22.7 Å². The second-order valence-corrected chi connectivity index (χ2v) is 3.47. The topological polar surface area (TPSA) is 60.7 Å². The highest BCUT2D eigenvalue weighted by Crippen LogP contribution is 2.03. The number of carbonyl (C=O) groups is 1. The molecule has 2 aromatic rings. The summed E-state index contributed by atoms with van der Waals surface area (Å²) in [6.45, 7) is 0. The largest absolute Gasteiger partial charge is 0.338 e. The highest BCUT2D eigenvalue weighted by Gasteiger charge is 2.08. The average Bonchev–Trinajstić information content (AvgIpc) is 2.73. The summed E-state index contributed by atoms with van der Waals surface area (Å²) in [6.07, 6.45) is 9.18. The van der Waals surface area contributed by atoms with Crippen molar-refractivity contribution in [2.45, 2.75) is 12.8 Å². The summed E-state index contributed by atoms with van der Waals surface area (Å²) in [4.78, 5) is 23.7. The monoisotopic (exact) mass is 216 g/mol. The molecule has 5 nitrogen and oxygen atoms in total. The standard InChI is InChI=1S/C11H12N4O/c1-15-7-6-14-11(15)3-2-10(16)9-8-12-4-5-13-9/h4-8H,2-3H2,1H3. The van der Waals surface area contributed by atoms with Crippen LogP contribution in [0.3, 0.4) is 0 Å². The van der Waals surface area contributed by atoms with E-state index in [0.717, 1.165) is 5.82 Å². The van der Waals surface area contributed by atoms with E-state index in [4.69, 9.17) is 0 Å². The molecule has 0 aliphatic heterocycles. The molecule has 82 valence electrons. The van der Waals surface area contributed by atoms with Gasteiger partial charge in [-0.1, -0.05) is 0 Å². The smallest absolute Gasteiger partial charge is 0.183 e. The van der Waals surface area contributed by atoms with Crippen molar-refractivity contribution >= 4 is 5.78 Å². The molecule has 0 aromatic carbocycles. The van der Waals surface area contributed by atoms with Crippen LogP contribution in [0.4, 0.5) is 0 Å². The molecule has 2 heterocycles. The Labute approximate surface area is 93.2 Å². The number of aryl methyl sites for hydroxylation is 2. The minimum Gasteiger partial charge on any atom is -0.338 e. The molecule has 0 amide bonds. The second-order valence-electron chi connectivity index (χ2n) is 3.47. The first-order chi connectivity index (χ1) is 7.77. The maximum atomic E-state index is 11.7. The van der Waals surface area contributed by atoms with E-state index >= 15 is 0 Å². The van der Waals surface area contributed by atoms with Gasteiger partial charge in [-0.3, -0.25) is 9.78 Å². The fourth-order valence-electron chi connectivity index (χ4n) is 1.43. The normalized spacial score (nSPS) is 10.3. The zero-order chi connectivity index (χ0) is 11.4. The molecule has 16 heavy (non-hydrogen) atoms. The Morgan fingerprint density at radius 3 is 2.81 bits per heavy atom. The number of hydrogen-bond acceptors (Lipinski definition) is 4. The van der Waals surface area contributed by atoms with E-state index in [1.54, 1.807) is 12.4 Å². The van der Waals surface area contributed by atoms with Crippen LogP contribution in [-0.2, 0) is 13.5 Å². The van der Waals surface area contributed by atoms with Crippen LogP contribution in [0.25, 0.3) is 0 Å². The Kier molecular flexibility index (Phi) is 3.05.